The maximum absolute atomic E-state index is 2.30. The molecular formula is C134H106N6S8. The first kappa shape index (κ1) is 98.0. The summed E-state index contributed by atoms with van der Waals surface area (Å²) in [4.78, 5) is 27.1. The van der Waals surface area contributed by atoms with Crippen LogP contribution in [0.2, 0.25) is 0 Å². The molecule has 0 radical (unpaired) electrons. The van der Waals surface area contributed by atoms with E-state index in [4.69, 9.17) is 0 Å². The van der Waals surface area contributed by atoms with E-state index in [2.05, 4.69) is 580 Å². The van der Waals surface area contributed by atoms with Crippen LogP contribution in [0.3, 0.4) is 0 Å². The predicted octanol–water partition coefficient (Wildman–Crippen LogP) is 41.8. The normalized spacial score (nSPS) is 11.0. The van der Waals surface area contributed by atoms with Gasteiger partial charge in [-0.1, -0.05) is 352 Å². The second-order valence-electron chi connectivity index (χ2n) is 35.6. The average molecular weight is 2060 g/mol. The molecule has 6 nitrogen and oxygen atoms in total. The molecule has 0 aliphatic carbocycles. The number of rotatable bonds is 20. The van der Waals surface area contributed by atoms with Crippen molar-refractivity contribution < 1.29 is 0 Å². The molecule has 0 aliphatic rings. The molecule has 26 rings (SSSR count). The van der Waals surface area contributed by atoms with Crippen molar-refractivity contribution in [1.29, 1.82) is 0 Å². The monoisotopic (exact) mass is 2050 g/mol. The van der Waals surface area contributed by atoms with Crippen molar-refractivity contribution in [3.8, 4) is 80.8 Å². The van der Waals surface area contributed by atoms with Crippen LogP contribution >= 0.6 is 90.7 Å². The number of para-hydroxylation sites is 6. The molecule has 26 aromatic rings. The average Bonchev–Trinajstić information content (AvgIpc) is 1.62. The first-order valence-electron chi connectivity index (χ1n) is 49.4. The number of hydrogen-bond donors (Lipinski definition) is 0. The third-order valence-electron chi connectivity index (χ3n) is 26.2. The Kier molecular flexibility index (Phi) is 30.8. The topological polar surface area (TPSA) is 21.1 Å². The molecule has 0 unspecified atom stereocenters. The summed E-state index contributed by atoms with van der Waals surface area (Å²) in [5.74, 6) is 0. The lowest BCUT2D eigenvalue weighted by Crippen LogP contribution is -2.09. The van der Waals surface area contributed by atoms with Crippen molar-refractivity contribution in [3.63, 3.8) is 0 Å². The van der Waals surface area contributed by atoms with Gasteiger partial charge in [0.2, 0.25) is 0 Å². The van der Waals surface area contributed by atoms with Crippen LogP contribution in [0.1, 0.15) is 12.5 Å². The molecule has 720 valence electrons. The zero-order valence-corrected chi connectivity index (χ0v) is 89.3. The highest BCUT2D eigenvalue weighted by molar-refractivity contribution is 7.27. The molecule has 9 aromatic heterocycles. The number of fused-ring (bicyclic) bond motifs is 7. The molecule has 0 bridgehead atoms. The lowest BCUT2D eigenvalue weighted by molar-refractivity contribution is 1.01. The van der Waals surface area contributed by atoms with Gasteiger partial charge in [-0.05, 0) is 249 Å². The van der Waals surface area contributed by atoms with Crippen molar-refractivity contribution in [2.45, 2.75) is 6.92 Å². The minimum atomic E-state index is 1.16. The Balaban J connectivity index is 0.000000105. The number of hydrogen-bond acceptors (Lipinski definition) is 13. The van der Waals surface area contributed by atoms with Gasteiger partial charge in [0.1, 0.15) is 0 Å². The minimum absolute atomic E-state index is 1.16. The van der Waals surface area contributed by atoms with Crippen LogP contribution in [-0.2, 0) is 7.05 Å². The molecule has 14 heteroatoms. The van der Waals surface area contributed by atoms with E-state index in [-0.39, 0.29) is 0 Å². The van der Waals surface area contributed by atoms with Gasteiger partial charge < -0.3 is 29.1 Å². The number of benzene rings is 17. The fraction of sp³-hybridized carbons (Fsp3) is 0.0448. The van der Waals surface area contributed by atoms with E-state index in [1.165, 1.54) is 194 Å². The molecule has 0 amide bonds. The third-order valence-corrected chi connectivity index (χ3v) is 36.2. The second kappa shape index (κ2) is 46.5. The predicted molar refractivity (Wildman–Crippen MR) is 657 cm³/mol. The highest BCUT2D eigenvalue weighted by atomic mass is 32.1. The van der Waals surface area contributed by atoms with E-state index in [0.29, 0.717) is 0 Å². The van der Waals surface area contributed by atoms with Gasteiger partial charge >= 0.3 is 0 Å². The van der Waals surface area contributed by atoms with Gasteiger partial charge in [0.15, 0.2) is 0 Å². The molecule has 17 aromatic carbocycles. The fourth-order valence-electron chi connectivity index (χ4n) is 18.6. The molecule has 0 atom stereocenters. The van der Waals surface area contributed by atoms with Crippen LogP contribution in [0.25, 0.3) is 152 Å². The number of aryl methyl sites for hydroxylation is 1. The summed E-state index contributed by atoms with van der Waals surface area (Å²) >= 11 is 14.8. The van der Waals surface area contributed by atoms with E-state index >= 15 is 0 Å². The lowest BCUT2D eigenvalue weighted by Gasteiger charge is -2.25. The largest absolute Gasteiger partial charge is 0.344 e. The first-order chi connectivity index (χ1) is 72.9. The standard InChI is InChI=1S/C29H21NS2.2C25H19NS2.C21H17NS2.C21H19N.C13H11N/c1-30(25-15-7-11-21-9-3-5-13-23(21)25)29-19-18-28(32-29)27-17-16-26(31-27)24-14-6-10-20-8-2-4-12-22(20)24;1-26(19-10-3-2-4-11-19)25-17-16-24(28-25)23-15-14-22(27-23)21-13-7-9-18-8-5-6-12-20(18)21;1-26(21-13-7-11-18-8-5-6-12-20(18)21)25-17-16-24(28-25)23-15-14-22(27-23)19-9-3-2-4-10-19;1-22(17-10-6-3-7-11-17)21-15-14-20(24-21)19-13-12-18(23-19)16-8-4-2-5-9-16;1-2-9-18-14-16-21(17-15-18)22(19-10-5-3-6-11-19)20-12-7-4-8-13-20;1-14-12-8-4-2-6-10(12)11-7-3-5-9-13(11)14/h2-19H,1H3;2*2-17H,1H3;2-15H,1H3;2-17H,1H3;2-9H,1H3/b;;;;9-2+;. The summed E-state index contributed by atoms with van der Waals surface area (Å²) in [6.45, 7) is 2.04. The number of thiophene rings is 8. The zero-order valence-electron chi connectivity index (χ0n) is 82.8. The number of nitrogens with zero attached hydrogens (tertiary/aromatic N) is 6. The quantitative estimate of drug-likeness (QED) is 0.0756. The summed E-state index contributed by atoms with van der Waals surface area (Å²) in [5.41, 5.74) is 17.4. The Bertz CT molecular complexity index is 8800. The summed E-state index contributed by atoms with van der Waals surface area (Å²) in [6, 6.07) is 185. The molecule has 0 N–H and O–H groups in total. The molecule has 0 fully saturated rings. The molecular weight excluding hydrogens is 1950 g/mol. The summed E-state index contributed by atoms with van der Waals surface area (Å²) in [7, 11) is 10.7. The number of allylic oxidation sites excluding steroid dienone is 1. The molecule has 0 aliphatic heterocycles. The van der Waals surface area contributed by atoms with Crippen molar-refractivity contribution in [1.82, 2.24) is 4.57 Å². The summed E-state index contributed by atoms with van der Waals surface area (Å²) in [6.07, 6.45) is 4.17. The van der Waals surface area contributed by atoms with Gasteiger partial charge in [-0.2, -0.15) is 0 Å². The second-order valence-corrected chi connectivity index (χ2v) is 44.2. The lowest BCUT2D eigenvalue weighted by atomic mass is 10.0. The van der Waals surface area contributed by atoms with Crippen molar-refractivity contribution in [3.05, 3.63) is 533 Å². The van der Waals surface area contributed by atoms with Crippen LogP contribution in [0.15, 0.2) is 528 Å². The van der Waals surface area contributed by atoms with Crippen LogP contribution in [-0.4, -0.2) is 32.8 Å². The van der Waals surface area contributed by atoms with E-state index < -0.39 is 0 Å². The molecule has 0 saturated heterocycles. The summed E-state index contributed by atoms with van der Waals surface area (Å²) in [5, 5.41) is 18.0. The minimum Gasteiger partial charge on any atom is -0.344 e. The van der Waals surface area contributed by atoms with Gasteiger partial charge in [0.05, 0.1) is 20.0 Å². The zero-order chi connectivity index (χ0) is 100. The van der Waals surface area contributed by atoms with Gasteiger partial charge in [0.25, 0.3) is 0 Å². The fourth-order valence-corrected chi connectivity index (χ4v) is 27.0. The van der Waals surface area contributed by atoms with Gasteiger partial charge in [-0.25, -0.2) is 0 Å². The van der Waals surface area contributed by atoms with Gasteiger partial charge in [-0.3, -0.25) is 0 Å². The maximum atomic E-state index is 2.30. The summed E-state index contributed by atoms with van der Waals surface area (Å²) < 4.78 is 2.24. The third kappa shape index (κ3) is 22.3. The Morgan fingerprint density at radius 1 is 0.189 bits per heavy atom. The highest BCUT2D eigenvalue weighted by Gasteiger charge is 2.21. The van der Waals surface area contributed by atoms with Crippen LogP contribution in [0, 0.1) is 0 Å². The Morgan fingerprint density at radius 2 is 0.439 bits per heavy atom. The number of aromatic nitrogens is 1. The van der Waals surface area contributed by atoms with Gasteiger partial charge in [0, 0.05) is 166 Å². The molecule has 0 spiro atoms. The Hall–Kier alpha value is -16.1. The van der Waals surface area contributed by atoms with E-state index in [0.717, 1.165) is 17.1 Å². The Labute approximate surface area is 898 Å². The number of anilines is 11. The molecule has 148 heavy (non-hydrogen) atoms. The van der Waals surface area contributed by atoms with Crippen molar-refractivity contribution in [2.24, 2.45) is 7.05 Å². The maximum Gasteiger partial charge on any atom is 0.0957 e. The Morgan fingerprint density at radius 3 is 0.797 bits per heavy atom. The van der Waals surface area contributed by atoms with E-state index in [1.807, 2.05) is 116 Å². The highest BCUT2D eigenvalue weighted by Crippen LogP contribution is 2.49. The van der Waals surface area contributed by atoms with Gasteiger partial charge in [-0.15, -0.1) is 90.7 Å². The SMILES string of the molecule is C/C=C/c1ccc(N(c2ccccc2)c2ccccc2)cc1.CN(c1ccc(-c2ccc(-c3cccc4ccccc34)s2)s1)c1cccc2ccccc12.CN(c1ccc(-c2ccc(-c3ccccc3)s2)s1)c1cccc2ccccc12.CN(c1ccccc1)c1ccc(-c2ccc(-c3cccc4ccccc34)s2)s1.CN(c1ccccc1)c1ccc(-c2ccc(-c3ccccc3)s2)s1.Cn1c2ccccc2c2ccccc21. The van der Waals surface area contributed by atoms with Crippen LogP contribution in [0.4, 0.5) is 59.8 Å². The van der Waals surface area contributed by atoms with Crippen molar-refractivity contribution >= 4 is 221 Å². The first-order valence-corrected chi connectivity index (χ1v) is 55.9. The van der Waals surface area contributed by atoms with E-state index in [1.54, 1.807) is 0 Å². The van der Waals surface area contributed by atoms with Crippen LogP contribution < -0.4 is 24.5 Å². The van der Waals surface area contributed by atoms with E-state index in [9.17, 15) is 0 Å². The van der Waals surface area contributed by atoms with Crippen LogP contribution in [0.5, 0.6) is 0 Å². The smallest absolute Gasteiger partial charge is 0.0957 e. The molecule has 0 saturated carbocycles. The van der Waals surface area contributed by atoms with Crippen molar-refractivity contribution in [2.75, 3.05) is 52.7 Å². The molecule has 9 heterocycles.